The maximum absolute atomic E-state index is 10.2. The molecule has 0 amide bonds. The molecule has 0 radical (unpaired) electrons. The summed E-state index contributed by atoms with van der Waals surface area (Å²) in [5, 5.41) is 10.2. The van der Waals surface area contributed by atoms with Crippen LogP contribution in [0, 0.1) is 6.92 Å². The minimum atomic E-state index is -0.452. The van der Waals surface area contributed by atoms with Crippen molar-refractivity contribution in [2.45, 2.75) is 84.7 Å². The fourth-order valence-electron chi connectivity index (χ4n) is 2.88. The van der Waals surface area contributed by atoms with Gasteiger partial charge in [-0.3, -0.25) is 4.98 Å². The van der Waals surface area contributed by atoms with Gasteiger partial charge in [0.1, 0.15) is 5.75 Å². The van der Waals surface area contributed by atoms with Crippen molar-refractivity contribution in [1.29, 1.82) is 0 Å². The fourth-order valence-corrected chi connectivity index (χ4v) is 2.88. The molecular weight excluding hydrogens is 278 g/mol. The van der Waals surface area contributed by atoms with Crippen molar-refractivity contribution in [2.75, 3.05) is 0 Å². The Hall–Kier alpha value is -1.13. The summed E-state index contributed by atoms with van der Waals surface area (Å²) in [6, 6.07) is 0. The summed E-state index contributed by atoms with van der Waals surface area (Å²) < 4.78 is 11.7. The Balaban J connectivity index is 1.77. The second-order valence-electron chi connectivity index (χ2n) is 6.28. The first-order chi connectivity index (χ1) is 10.6. The van der Waals surface area contributed by atoms with E-state index in [0.717, 1.165) is 17.5 Å². The predicted octanol–water partition coefficient (Wildman–Crippen LogP) is 4.78. The zero-order valence-electron chi connectivity index (χ0n) is 14.1. The average molecular weight is 307 g/mol. The third-order valence-electron chi connectivity index (χ3n) is 4.30. The average Bonchev–Trinajstić information content (AvgIpc) is 2.90. The molecule has 124 valence electrons. The molecule has 1 aliphatic heterocycles. The summed E-state index contributed by atoms with van der Waals surface area (Å²) >= 11 is 0. The monoisotopic (exact) mass is 307 g/mol. The number of aromatic nitrogens is 1. The topological polar surface area (TPSA) is 51.6 Å². The summed E-state index contributed by atoms with van der Waals surface area (Å²) in [4.78, 5) is 4.16. The smallest absolute Gasteiger partial charge is 0.188 e. The van der Waals surface area contributed by atoms with Gasteiger partial charge in [0.05, 0.1) is 24.0 Å². The van der Waals surface area contributed by atoms with E-state index < -0.39 is 6.29 Å². The van der Waals surface area contributed by atoms with E-state index in [4.69, 9.17) is 9.47 Å². The Labute approximate surface area is 133 Å². The number of fused-ring (bicyclic) bond motifs is 1. The van der Waals surface area contributed by atoms with Gasteiger partial charge in [-0.2, -0.15) is 0 Å². The van der Waals surface area contributed by atoms with Gasteiger partial charge in [0.15, 0.2) is 6.29 Å². The Morgan fingerprint density at radius 2 is 2.05 bits per heavy atom. The number of rotatable bonds is 9. The van der Waals surface area contributed by atoms with E-state index in [9.17, 15) is 5.11 Å². The molecule has 22 heavy (non-hydrogen) atoms. The molecule has 2 rings (SSSR count). The molecule has 0 saturated carbocycles. The molecule has 1 aromatic rings. The summed E-state index contributed by atoms with van der Waals surface area (Å²) in [6.45, 7) is 6.58. The van der Waals surface area contributed by atoms with Crippen LogP contribution < -0.4 is 0 Å². The second kappa shape index (κ2) is 8.49. The second-order valence-corrected chi connectivity index (χ2v) is 6.28. The molecule has 0 bridgehead atoms. The van der Waals surface area contributed by atoms with Crippen LogP contribution in [0.2, 0.25) is 0 Å². The Bertz CT molecular complexity index is 476. The van der Waals surface area contributed by atoms with Crippen molar-refractivity contribution >= 4 is 0 Å². The molecule has 0 aromatic carbocycles. The van der Waals surface area contributed by atoms with Crippen LogP contribution in [-0.2, 0) is 16.1 Å². The molecule has 1 N–H and O–H groups in total. The standard InChI is InChI=1S/C18H29NO3/c1-4-5-6-7-8-9-10-13(2)22-18-16-15(12-21-18)11-19-14(3)17(16)20/h11,13,18,20H,4-10,12H2,1-3H3. The van der Waals surface area contributed by atoms with Crippen molar-refractivity contribution in [3.8, 4) is 5.75 Å². The number of pyridine rings is 1. The fraction of sp³-hybridized carbons (Fsp3) is 0.722. The van der Waals surface area contributed by atoms with Gasteiger partial charge in [-0.1, -0.05) is 45.4 Å². The van der Waals surface area contributed by atoms with Crippen molar-refractivity contribution < 1.29 is 14.6 Å². The summed E-state index contributed by atoms with van der Waals surface area (Å²) in [5.41, 5.74) is 2.32. The van der Waals surface area contributed by atoms with E-state index in [1.54, 1.807) is 13.1 Å². The van der Waals surface area contributed by atoms with Crippen LogP contribution in [0.25, 0.3) is 0 Å². The number of unbranched alkanes of at least 4 members (excludes halogenated alkanes) is 5. The summed E-state index contributed by atoms with van der Waals surface area (Å²) in [5.74, 6) is 0.215. The molecule has 1 aromatic heterocycles. The SMILES string of the molecule is CCCCCCCCC(C)OC1OCc2cnc(C)c(O)c21. The number of ether oxygens (including phenoxy) is 2. The lowest BCUT2D eigenvalue weighted by atomic mass is 10.1. The minimum absolute atomic E-state index is 0.134. The molecule has 0 fully saturated rings. The lowest BCUT2D eigenvalue weighted by molar-refractivity contribution is -0.165. The molecule has 2 heterocycles. The highest BCUT2D eigenvalue weighted by molar-refractivity contribution is 5.43. The van der Waals surface area contributed by atoms with E-state index in [1.807, 2.05) is 0 Å². The lowest BCUT2D eigenvalue weighted by Gasteiger charge is -2.19. The molecule has 0 aliphatic carbocycles. The highest BCUT2D eigenvalue weighted by Gasteiger charge is 2.30. The van der Waals surface area contributed by atoms with Crippen molar-refractivity contribution in [3.63, 3.8) is 0 Å². The first-order valence-corrected chi connectivity index (χ1v) is 8.57. The van der Waals surface area contributed by atoms with Gasteiger partial charge in [0, 0.05) is 11.8 Å². The highest BCUT2D eigenvalue weighted by Crippen LogP contribution is 2.39. The third kappa shape index (κ3) is 4.43. The van der Waals surface area contributed by atoms with E-state index >= 15 is 0 Å². The molecule has 4 nitrogen and oxygen atoms in total. The van der Waals surface area contributed by atoms with Crippen LogP contribution in [0.4, 0.5) is 0 Å². The Morgan fingerprint density at radius 1 is 1.32 bits per heavy atom. The van der Waals surface area contributed by atoms with Crippen molar-refractivity contribution in [1.82, 2.24) is 4.98 Å². The van der Waals surface area contributed by atoms with E-state index in [1.165, 1.54) is 38.5 Å². The zero-order chi connectivity index (χ0) is 15.9. The van der Waals surface area contributed by atoms with Crippen LogP contribution >= 0.6 is 0 Å². The van der Waals surface area contributed by atoms with Gasteiger partial charge < -0.3 is 14.6 Å². The zero-order valence-corrected chi connectivity index (χ0v) is 14.1. The molecule has 1 aliphatic rings. The third-order valence-corrected chi connectivity index (χ3v) is 4.30. The normalized spacial score (nSPS) is 18.4. The summed E-state index contributed by atoms with van der Waals surface area (Å²) in [7, 11) is 0. The molecule has 4 heteroatoms. The predicted molar refractivity (Wildman–Crippen MR) is 86.7 cm³/mol. The Morgan fingerprint density at radius 3 is 2.82 bits per heavy atom. The van der Waals surface area contributed by atoms with Gasteiger partial charge in [-0.05, 0) is 20.3 Å². The number of hydrogen-bond donors (Lipinski definition) is 1. The minimum Gasteiger partial charge on any atom is -0.506 e. The van der Waals surface area contributed by atoms with Crippen LogP contribution in [0.5, 0.6) is 5.75 Å². The van der Waals surface area contributed by atoms with Crippen LogP contribution in [0.1, 0.15) is 81.9 Å². The maximum Gasteiger partial charge on any atom is 0.188 e. The van der Waals surface area contributed by atoms with Crippen LogP contribution in [0.15, 0.2) is 6.20 Å². The van der Waals surface area contributed by atoms with E-state index in [-0.39, 0.29) is 11.9 Å². The highest BCUT2D eigenvalue weighted by atomic mass is 16.7. The van der Waals surface area contributed by atoms with Gasteiger partial charge in [0.2, 0.25) is 0 Å². The Kier molecular flexibility index (Phi) is 6.65. The van der Waals surface area contributed by atoms with Crippen molar-refractivity contribution in [2.24, 2.45) is 0 Å². The van der Waals surface area contributed by atoms with Crippen molar-refractivity contribution in [3.05, 3.63) is 23.0 Å². The number of aromatic hydroxyl groups is 1. The van der Waals surface area contributed by atoms with Crippen LogP contribution in [-0.4, -0.2) is 16.2 Å². The number of nitrogens with zero attached hydrogens (tertiary/aromatic N) is 1. The van der Waals surface area contributed by atoms with Gasteiger partial charge in [-0.25, -0.2) is 0 Å². The van der Waals surface area contributed by atoms with Gasteiger partial charge in [0.25, 0.3) is 0 Å². The van der Waals surface area contributed by atoms with E-state index in [0.29, 0.717) is 12.3 Å². The molecular formula is C18H29NO3. The van der Waals surface area contributed by atoms with Gasteiger partial charge in [-0.15, -0.1) is 0 Å². The number of aryl methyl sites for hydroxylation is 1. The van der Waals surface area contributed by atoms with E-state index in [2.05, 4.69) is 18.8 Å². The first kappa shape index (κ1) is 17.2. The molecule has 2 unspecified atom stereocenters. The summed E-state index contributed by atoms with van der Waals surface area (Å²) in [6.07, 6.45) is 10.2. The molecule has 0 saturated heterocycles. The quantitative estimate of drug-likeness (QED) is 0.667. The largest absolute Gasteiger partial charge is 0.506 e. The molecule has 0 spiro atoms. The maximum atomic E-state index is 10.2. The van der Waals surface area contributed by atoms with Crippen LogP contribution in [0.3, 0.4) is 0 Å². The lowest BCUT2D eigenvalue weighted by Crippen LogP contribution is -2.13. The first-order valence-electron chi connectivity index (χ1n) is 8.57. The van der Waals surface area contributed by atoms with Gasteiger partial charge >= 0.3 is 0 Å². The number of hydrogen-bond acceptors (Lipinski definition) is 4. The molecule has 2 atom stereocenters.